The van der Waals surface area contributed by atoms with Crippen molar-refractivity contribution >= 4 is 5.78 Å². The van der Waals surface area contributed by atoms with Gasteiger partial charge in [-0.05, 0) is 24.3 Å². The van der Waals surface area contributed by atoms with E-state index in [1.807, 2.05) is 18.2 Å². The van der Waals surface area contributed by atoms with Crippen molar-refractivity contribution in [3.8, 4) is 0 Å². The number of hydrogen-bond acceptors (Lipinski definition) is 1. The van der Waals surface area contributed by atoms with E-state index in [1.54, 1.807) is 0 Å². The number of carbonyl (C=O) groups excluding carboxylic acids is 1. The molecule has 1 aromatic carbocycles. The molecule has 66 valence electrons. The van der Waals surface area contributed by atoms with E-state index in [9.17, 15) is 4.79 Å². The average Bonchev–Trinajstić information content (AvgIpc) is 2.72. The van der Waals surface area contributed by atoms with Crippen LogP contribution in [-0.4, -0.2) is 5.78 Å². The number of Topliss-reactive ketones (excluding diaryl/α,β-unsaturated/α-hetero) is 1. The fourth-order valence-corrected chi connectivity index (χ4v) is 2.89. The summed E-state index contributed by atoms with van der Waals surface area (Å²) in [7, 11) is 0. The molecule has 0 N–H and O–H groups in total. The molecule has 1 fully saturated rings. The van der Waals surface area contributed by atoms with Crippen LogP contribution in [0.1, 0.15) is 41.1 Å². The molecular formula is C12H12O. The summed E-state index contributed by atoms with van der Waals surface area (Å²) in [5.41, 5.74) is 2.31. The van der Waals surface area contributed by atoms with Crippen molar-refractivity contribution in [2.75, 3.05) is 0 Å². The summed E-state index contributed by atoms with van der Waals surface area (Å²) in [6.07, 6.45) is 3.56. The normalized spacial score (nSPS) is 30.3. The maximum Gasteiger partial charge on any atom is 0.166 e. The first-order valence-corrected chi connectivity index (χ1v) is 5.01. The second-order valence-electron chi connectivity index (χ2n) is 4.10. The standard InChI is InChI=1S/C12H12O/c13-12-10-5-2-1-4-8(10)9-6-3-7-11(9)12/h1-2,4-5,9,11H,3,6-7H2. The summed E-state index contributed by atoms with van der Waals surface area (Å²) < 4.78 is 0. The van der Waals surface area contributed by atoms with E-state index in [0.717, 1.165) is 12.0 Å². The first kappa shape index (κ1) is 7.31. The van der Waals surface area contributed by atoms with Gasteiger partial charge in [-0.15, -0.1) is 0 Å². The lowest BCUT2D eigenvalue weighted by Gasteiger charge is -2.06. The summed E-state index contributed by atoms with van der Waals surface area (Å²) in [6.45, 7) is 0. The number of carbonyl (C=O) groups is 1. The summed E-state index contributed by atoms with van der Waals surface area (Å²) in [4.78, 5) is 11.9. The van der Waals surface area contributed by atoms with Crippen LogP contribution in [0.3, 0.4) is 0 Å². The lowest BCUT2D eigenvalue weighted by atomic mass is 9.96. The van der Waals surface area contributed by atoms with E-state index in [0.29, 0.717) is 17.6 Å². The number of ketones is 1. The molecule has 2 aliphatic rings. The third-order valence-corrected chi connectivity index (χ3v) is 3.48. The van der Waals surface area contributed by atoms with E-state index >= 15 is 0 Å². The van der Waals surface area contributed by atoms with Crippen molar-refractivity contribution in [1.82, 2.24) is 0 Å². The van der Waals surface area contributed by atoms with Gasteiger partial charge in [0.1, 0.15) is 0 Å². The minimum atomic E-state index is 0.331. The fourth-order valence-electron chi connectivity index (χ4n) is 2.89. The molecule has 1 saturated carbocycles. The van der Waals surface area contributed by atoms with E-state index < -0.39 is 0 Å². The highest BCUT2D eigenvalue weighted by molar-refractivity contribution is 6.03. The zero-order valence-corrected chi connectivity index (χ0v) is 7.49. The van der Waals surface area contributed by atoms with Gasteiger partial charge in [-0.25, -0.2) is 0 Å². The van der Waals surface area contributed by atoms with Gasteiger partial charge >= 0.3 is 0 Å². The predicted octanol–water partition coefficient (Wildman–Crippen LogP) is 2.77. The summed E-state index contributed by atoms with van der Waals surface area (Å²) in [6, 6.07) is 8.13. The fraction of sp³-hybridized carbons (Fsp3) is 0.417. The Labute approximate surface area is 77.8 Å². The first-order chi connectivity index (χ1) is 6.38. The Morgan fingerprint density at radius 1 is 1.08 bits per heavy atom. The molecule has 0 radical (unpaired) electrons. The number of hydrogen-bond donors (Lipinski definition) is 0. The highest BCUT2D eigenvalue weighted by atomic mass is 16.1. The SMILES string of the molecule is O=C1c2ccccc2C2CCCC12. The molecule has 2 unspecified atom stereocenters. The Kier molecular flexibility index (Phi) is 1.37. The first-order valence-electron chi connectivity index (χ1n) is 5.01. The molecule has 1 aromatic rings. The second kappa shape index (κ2) is 2.44. The molecule has 0 spiro atoms. The minimum Gasteiger partial charge on any atom is -0.294 e. The van der Waals surface area contributed by atoms with Gasteiger partial charge < -0.3 is 0 Å². The van der Waals surface area contributed by atoms with Gasteiger partial charge in [-0.3, -0.25) is 4.79 Å². The maximum atomic E-state index is 11.9. The predicted molar refractivity (Wildman–Crippen MR) is 50.9 cm³/mol. The Morgan fingerprint density at radius 3 is 2.77 bits per heavy atom. The van der Waals surface area contributed by atoms with Gasteiger partial charge in [0.15, 0.2) is 5.78 Å². The molecule has 3 rings (SSSR count). The molecule has 0 saturated heterocycles. The van der Waals surface area contributed by atoms with Crippen LogP contribution in [0.25, 0.3) is 0 Å². The molecule has 13 heavy (non-hydrogen) atoms. The van der Waals surface area contributed by atoms with Crippen LogP contribution in [0.5, 0.6) is 0 Å². The van der Waals surface area contributed by atoms with Gasteiger partial charge in [0.2, 0.25) is 0 Å². The zero-order valence-electron chi connectivity index (χ0n) is 7.49. The van der Waals surface area contributed by atoms with Gasteiger partial charge in [-0.2, -0.15) is 0 Å². The topological polar surface area (TPSA) is 17.1 Å². The van der Waals surface area contributed by atoms with Crippen LogP contribution >= 0.6 is 0 Å². The molecule has 1 heteroatoms. The molecule has 0 aromatic heterocycles. The minimum absolute atomic E-state index is 0.331. The van der Waals surface area contributed by atoms with Crippen molar-refractivity contribution < 1.29 is 4.79 Å². The molecular weight excluding hydrogens is 160 g/mol. The molecule has 0 aliphatic heterocycles. The zero-order chi connectivity index (χ0) is 8.84. The van der Waals surface area contributed by atoms with Crippen LogP contribution in [0.4, 0.5) is 0 Å². The van der Waals surface area contributed by atoms with Crippen LogP contribution < -0.4 is 0 Å². The largest absolute Gasteiger partial charge is 0.294 e. The smallest absolute Gasteiger partial charge is 0.166 e. The van der Waals surface area contributed by atoms with Gasteiger partial charge in [-0.1, -0.05) is 30.7 Å². The lowest BCUT2D eigenvalue weighted by Crippen LogP contribution is -2.06. The van der Waals surface area contributed by atoms with Gasteiger partial charge in [0.25, 0.3) is 0 Å². The van der Waals surface area contributed by atoms with Crippen molar-refractivity contribution in [2.45, 2.75) is 25.2 Å². The Balaban J connectivity index is 2.19. The number of rotatable bonds is 0. The van der Waals surface area contributed by atoms with Gasteiger partial charge in [0.05, 0.1) is 0 Å². The van der Waals surface area contributed by atoms with Crippen LogP contribution in [-0.2, 0) is 0 Å². The van der Waals surface area contributed by atoms with Crippen LogP contribution in [0.15, 0.2) is 24.3 Å². The monoisotopic (exact) mass is 172 g/mol. The average molecular weight is 172 g/mol. The van der Waals surface area contributed by atoms with Crippen molar-refractivity contribution in [3.05, 3.63) is 35.4 Å². The highest BCUT2D eigenvalue weighted by Crippen LogP contribution is 2.47. The Hall–Kier alpha value is -1.11. The van der Waals surface area contributed by atoms with E-state index in [4.69, 9.17) is 0 Å². The lowest BCUT2D eigenvalue weighted by molar-refractivity contribution is 0.0932. The van der Waals surface area contributed by atoms with E-state index in [-0.39, 0.29) is 0 Å². The Morgan fingerprint density at radius 2 is 1.85 bits per heavy atom. The van der Waals surface area contributed by atoms with Gasteiger partial charge in [0, 0.05) is 11.5 Å². The molecule has 0 amide bonds. The molecule has 2 atom stereocenters. The third kappa shape index (κ3) is 0.846. The summed E-state index contributed by atoms with van der Waals surface area (Å²) >= 11 is 0. The summed E-state index contributed by atoms with van der Waals surface area (Å²) in [5.74, 6) is 1.29. The van der Waals surface area contributed by atoms with E-state index in [2.05, 4.69) is 6.07 Å². The molecule has 1 nitrogen and oxygen atoms in total. The molecule has 0 heterocycles. The van der Waals surface area contributed by atoms with Crippen molar-refractivity contribution in [3.63, 3.8) is 0 Å². The quantitative estimate of drug-likeness (QED) is 0.588. The van der Waals surface area contributed by atoms with E-state index in [1.165, 1.54) is 18.4 Å². The Bertz CT molecular complexity index is 367. The second-order valence-corrected chi connectivity index (χ2v) is 4.10. The van der Waals surface area contributed by atoms with Crippen molar-refractivity contribution in [2.24, 2.45) is 5.92 Å². The molecule has 0 bridgehead atoms. The highest BCUT2D eigenvalue weighted by Gasteiger charge is 2.41. The third-order valence-electron chi connectivity index (χ3n) is 3.48. The maximum absolute atomic E-state index is 11.9. The van der Waals surface area contributed by atoms with Crippen molar-refractivity contribution in [1.29, 1.82) is 0 Å². The number of fused-ring (bicyclic) bond motifs is 3. The number of benzene rings is 1. The summed E-state index contributed by atoms with van der Waals surface area (Å²) in [5, 5.41) is 0. The van der Waals surface area contributed by atoms with Crippen LogP contribution in [0, 0.1) is 5.92 Å². The van der Waals surface area contributed by atoms with Crippen LogP contribution in [0.2, 0.25) is 0 Å². The molecule has 2 aliphatic carbocycles.